The first-order valence-electron chi connectivity index (χ1n) is 21.9. The molecule has 0 spiro atoms. The van der Waals surface area contributed by atoms with E-state index in [1.807, 2.05) is 11.3 Å². The Morgan fingerprint density at radius 3 is 1.67 bits per heavy atom. The highest BCUT2D eigenvalue weighted by atomic mass is 32.1. The van der Waals surface area contributed by atoms with Gasteiger partial charge in [0.25, 0.3) is 6.71 Å². The number of anilines is 6. The van der Waals surface area contributed by atoms with Gasteiger partial charge in [-0.1, -0.05) is 119 Å². The fraction of sp³-hybridized carbons (Fsp3) is 0.407. The van der Waals surface area contributed by atoms with Crippen LogP contribution in [0.2, 0.25) is 0 Å². The van der Waals surface area contributed by atoms with E-state index in [9.17, 15) is 0 Å². The third-order valence-corrected chi connectivity index (χ3v) is 16.3. The maximum Gasteiger partial charge on any atom is 0.264 e. The minimum Gasteiger partial charge on any atom is -0.311 e. The van der Waals surface area contributed by atoms with Crippen molar-refractivity contribution in [3.63, 3.8) is 0 Å². The minimum absolute atomic E-state index is 0.0798. The largest absolute Gasteiger partial charge is 0.311 e. The maximum atomic E-state index is 2.72. The molecule has 0 amide bonds. The highest BCUT2D eigenvalue weighted by molar-refractivity contribution is 7.33. The SMILES string of the molecule is Cc1cc2c3c(c1)N(c1ccc(C(C)(C)C)cc1)c1c(sc4ccccc14)B3c1cc3c(cc1N2c1cc2c(cc1C)C(C)(C)CCC2(C)C)C(C)(C)CCC3(C)C. The fourth-order valence-electron chi connectivity index (χ4n) is 11.2. The third kappa shape index (κ3) is 5.42. The van der Waals surface area contributed by atoms with E-state index in [2.05, 4.69) is 185 Å². The molecule has 10 rings (SSSR count). The highest BCUT2D eigenvalue weighted by Crippen LogP contribution is 2.54. The molecule has 0 saturated heterocycles. The molecule has 0 saturated carbocycles. The van der Waals surface area contributed by atoms with Gasteiger partial charge in [0.2, 0.25) is 0 Å². The molecule has 0 N–H and O–H groups in total. The summed E-state index contributed by atoms with van der Waals surface area (Å²) >= 11 is 2.01. The molecule has 1 aromatic heterocycles. The lowest BCUT2D eigenvalue weighted by atomic mass is 9.35. The van der Waals surface area contributed by atoms with Crippen LogP contribution in [0.1, 0.15) is 141 Å². The number of thiophene rings is 1. The molecule has 0 atom stereocenters. The van der Waals surface area contributed by atoms with Crippen molar-refractivity contribution >= 4 is 78.0 Å². The van der Waals surface area contributed by atoms with Gasteiger partial charge in [0.1, 0.15) is 0 Å². The zero-order valence-corrected chi connectivity index (χ0v) is 38.1. The first-order valence-corrected chi connectivity index (χ1v) is 22.7. The molecule has 0 bridgehead atoms. The normalized spacial score (nSPS) is 19.3. The summed E-state index contributed by atoms with van der Waals surface area (Å²) in [6.45, 7) is 31.6. The second kappa shape index (κ2) is 12.2. The van der Waals surface area contributed by atoms with E-state index in [-0.39, 0.29) is 33.8 Å². The van der Waals surface area contributed by atoms with Gasteiger partial charge < -0.3 is 9.80 Å². The van der Waals surface area contributed by atoms with Crippen LogP contribution in [0, 0.1) is 13.8 Å². The summed E-state index contributed by atoms with van der Waals surface area (Å²) < 4.78 is 2.81. The van der Waals surface area contributed by atoms with Crippen molar-refractivity contribution in [3.8, 4) is 0 Å². The first-order chi connectivity index (χ1) is 27.2. The Kier molecular flexibility index (Phi) is 7.96. The first kappa shape index (κ1) is 38.0. The van der Waals surface area contributed by atoms with Gasteiger partial charge in [-0.3, -0.25) is 0 Å². The van der Waals surface area contributed by atoms with E-state index in [1.54, 1.807) is 0 Å². The van der Waals surface area contributed by atoms with E-state index < -0.39 is 0 Å². The molecular formula is C54H61BN2S. The van der Waals surface area contributed by atoms with Crippen molar-refractivity contribution in [1.82, 2.24) is 0 Å². The molecule has 0 fully saturated rings. The Labute approximate surface area is 352 Å². The van der Waals surface area contributed by atoms with E-state index in [0.717, 1.165) is 0 Å². The van der Waals surface area contributed by atoms with E-state index in [1.165, 1.54) is 125 Å². The summed E-state index contributed by atoms with van der Waals surface area (Å²) in [7, 11) is 0. The number of benzene rings is 5. The molecule has 296 valence electrons. The van der Waals surface area contributed by atoms with Crippen molar-refractivity contribution < 1.29 is 0 Å². The van der Waals surface area contributed by atoms with Crippen LogP contribution in [0.3, 0.4) is 0 Å². The molecule has 4 heteroatoms. The number of rotatable bonds is 2. The third-order valence-electron chi connectivity index (χ3n) is 15.1. The molecular weight excluding hydrogens is 719 g/mol. The van der Waals surface area contributed by atoms with Crippen molar-refractivity contribution in [1.29, 1.82) is 0 Å². The fourth-order valence-corrected chi connectivity index (χ4v) is 12.5. The van der Waals surface area contributed by atoms with Gasteiger partial charge >= 0.3 is 0 Å². The molecule has 5 aromatic carbocycles. The van der Waals surface area contributed by atoms with Gasteiger partial charge in [-0.15, -0.1) is 11.3 Å². The number of aryl methyl sites for hydroxylation is 2. The van der Waals surface area contributed by atoms with E-state index in [0.29, 0.717) is 0 Å². The number of hydrogen-bond acceptors (Lipinski definition) is 3. The number of hydrogen-bond donors (Lipinski definition) is 0. The summed E-state index contributed by atoms with van der Waals surface area (Å²) in [6.07, 6.45) is 4.80. The average Bonchev–Trinajstić information content (AvgIpc) is 3.54. The smallest absolute Gasteiger partial charge is 0.264 e. The van der Waals surface area contributed by atoms with Crippen molar-refractivity contribution in [3.05, 3.63) is 124 Å². The van der Waals surface area contributed by atoms with Crippen molar-refractivity contribution in [2.45, 2.75) is 143 Å². The Balaban J connectivity index is 1.33. The molecule has 3 heterocycles. The monoisotopic (exact) mass is 780 g/mol. The zero-order chi connectivity index (χ0) is 41.1. The maximum absolute atomic E-state index is 2.72. The lowest BCUT2D eigenvalue weighted by Gasteiger charge is -2.48. The van der Waals surface area contributed by atoms with Gasteiger partial charge in [-0.2, -0.15) is 0 Å². The summed E-state index contributed by atoms with van der Waals surface area (Å²) in [5.74, 6) is 0. The molecule has 2 aliphatic heterocycles. The molecule has 58 heavy (non-hydrogen) atoms. The highest BCUT2D eigenvalue weighted by Gasteiger charge is 2.48. The van der Waals surface area contributed by atoms with Crippen LogP contribution in [0.4, 0.5) is 34.1 Å². The van der Waals surface area contributed by atoms with Crippen LogP contribution in [0.15, 0.2) is 84.9 Å². The summed E-state index contributed by atoms with van der Waals surface area (Å²) in [5.41, 5.74) is 21.4. The zero-order valence-electron chi connectivity index (χ0n) is 37.3. The Morgan fingerprint density at radius 1 is 0.569 bits per heavy atom. The molecule has 2 aliphatic carbocycles. The lowest BCUT2D eigenvalue weighted by Crippen LogP contribution is -2.61. The van der Waals surface area contributed by atoms with Gasteiger partial charge in [0.05, 0.1) is 5.69 Å². The van der Waals surface area contributed by atoms with Crippen LogP contribution in [0.5, 0.6) is 0 Å². The molecule has 2 nitrogen and oxygen atoms in total. The van der Waals surface area contributed by atoms with Crippen molar-refractivity contribution in [2.24, 2.45) is 0 Å². The Morgan fingerprint density at radius 2 is 1.09 bits per heavy atom. The van der Waals surface area contributed by atoms with Crippen molar-refractivity contribution in [2.75, 3.05) is 9.80 Å². The second-order valence-electron chi connectivity index (χ2n) is 22.1. The topological polar surface area (TPSA) is 6.48 Å². The number of nitrogens with zero attached hydrogens (tertiary/aromatic N) is 2. The molecule has 4 aliphatic rings. The number of fused-ring (bicyclic) bond motifs is 8. The van der Waals surface area contributed by atoms with Crippen LogP contribution in [-0.4, -0.2) is 6.71 Å². The van der Waals surface area contributed by atoms with Crippen LogP contribution in [0.25, 0.3) is 10.1 Å². The van der Waals surface area contributed by atoms with Crippen LogP contribution < -0.4 is 25.5 Å². The second-order valence-corrected chi connectivity index (χ2v) is 23.2. The predicted octanol–water partition coefficient (Wildman–Crippen LogP) is 13.6. The Bertz CT molecular complexity index is 2700. The lowest BCUT2D eigenvalue weighted by molar-refractivity contribution is 0.331. The minimum atomic E-state index is 0.0798. The van der Waals surface area contributed by atoms with Crippen LogP contribution in [-0.2, 0) is 27.1 Å². The van der Waals surface area contributed by atoms with Gasteiger partial charge in [0.15, 0.2) is 0 Å². The average molecular weight is 781 g/mol. The van der Waals surface area contributed by atoms with E-state index >= 15 is 0 Å². The van der Waals surface area contributed by atoms with Crippen LogP contribution >= 0.6 is 11.3 Å². The molecule has 0 radical (unpaired) electrons. The molecule has 6 aromatic rings. The quantitative estimate of drug-likeness (QED) is 0.161. The summed E-state index contributed by atoms with van der Waals surface area (Å²) in [4.78, 5) is 5.35. The summed E-state index contributed by atoms with van der Waals surface area (Å²) in [6, 6.07) is 34.1. The summed E-state index contributed by atoms with van der Waals surface area (Å²) in [5, 5.41) is 1.34. The van der Waals surface area contributed by atoms with Gasteiger partial charge in [0, 0.05) is 43.3 Å². The standard InChI is InChI=1S/C54H61BN2S/c1-32-26-44-47-45(27-32)57(42-30-39-37(28-33(42)2)51(6,7)22-24-53(39,10)11)43-31-40-38(52(8,9)23-25-54(40,12)13)29-41(43)55(47)49-48(36-16-14-15-17-46(36)58-49)56(44)35-20-18-34(19-21-35)50(3,4)5/h14-21,26-31H,22-25H2,1-13H3. The molecule has 0 unspecified atom stereocenters. The predicted molar refractivity (Wildman–Crippen MR) is 255 cm³/mol. The van der Waals surface area contributed by atoms with E-state index in [4.69, 9.17) is 0 Å². The Hall–Kier alpha value is -4.28. The van der Waals surface area contributed by atoms with Gasteiger partial charge in [-0.25, -0.2) is 0 Å². The van der Waals surface area contributed by atoms with Gasteiger partial charge in [-0.05, 0) is 159 Å².